The van der Waals surface area contributed by atoms with Crippen LogP contribution in [-0.2, 0) is 6.61 Å². The molecule has 1 N–H and O–H groups in total. The Bertz CT molecular complexity index is 673. The van der Waals surface area contributed by atoms with Gasteiger partial charge in [-0.15, -0.1) is 11.3 Å². The third kappa shape index (κ3) is 3.22. The van der Waals surface area contributed by atoms with Crippen molar-refractivity contribution in [1.29, 1.82) is 0 Å². The Labute approximate surface area is 121 Å². The number of aromatic nitrogens is 1. The van der Waals surface area contributed by atoms with Crippen LogP contribution < -0.4 is 4.74 Å². The predicted octanol–water partition coefficient (Wildman–Crippen LogP) is 2.98. The molecule has 1 aromatic carbocycles. The van der Waals surface area contributed by atoms with Crippen LogP contribution in [-0.4, -0.2) is 21.0 Å². The van der Waals surface area contributed by atoms with Gasteiger partial charge in [-0.3, -0.25) is 10.1 Å². The van der Waals surface area contributed by atoms with E-state index in [1.165, 1.54) is 23.6 Å². The van der Waals surface area contributed by atoms with Gasteiger partial charge in [0.25, 0.3) is 0 Å². The van der Waals surface area contributed by atoms with E-state index >= 15 is 0 Å². The highest BCUT2D eigenvalue weighted by Gasteiger charge is 2.16. The fraction of sp³-hybridized carbons (Fsp3) is 0.0909. The quantitative estimate of drug-likeness (QED) is 0.672. The molecule has 0 bridgehead atoms. The third-order valence-electron chi connectivity index (χ3n) is 2.23. The van der Waals surface area contributed by atoms with Crippen LogP contribution in [0.25, 0.3) is 0 Å². The molecule has 0 fully saturated rings. The average Bonchev–Trinajstić information content (AvgIpc) is 2.85. The highest BCUT2D eigenvalue weighted by atomic mass is 35.5. The number of nitrogens with zero attached hydrogens (tertiary/aromatic N) is 2. The lowest BCUT2D eigenvalue weighted by Crippen LogP contribution is -2.01. The monoisotopic (exact) mass is 314 g/mol. The van der Waals surface area contributed by atoms with Gasteiger partial charge in [0.15, 0.2) is 5.75 Å². The molecule has 9 heteroatoms. The summed E-state index contributed by atoms with van der Waals surface area (Å²) in [5.74, 6) is -1.12. The van der Waals surface area contributed by atoms with E-state index in [4.69, 9.17) is 21.4 Å². The van der Waals surface area contributed by atoms with Gasteiger partial charge in [-0.1, -0.05) is 11.6 Å². The molecular weight excluding hydrogens is 308 g/mol. The summed E-state index contributed by atoms with van der Waals surface area (Å²) in [5, 5.41) is 21.3. The smallest absolute Gasteiger partial charge is 0.365 e. The molecule has 0 unspecified atom stereocenters. The Morgan fingerprint density at radius 2 is 2.30 bits per heavy atom. The molecule has 1 aromatic heterocycles. The molecule has 0 radical (unpaired) electrons. The molecule has 0 amide bonds. The number of hydrogen-bond acceptors (Lipinski definition) is 6. The number of nitro groups is 1. The van der Waals surface area contributed by atoms with Gasteiger partial charge in [-0.05, 0) is 6.07 Å². The number of carboxylic acid groups (broad SMARTS) is 1. The van der Waals surface area contributed by atoms with E-state index in [0.717, 1.165) is 11.3 Å². The fourth-order valence-electron chi connectivity index (χ4n) is 1.38. The lowest BCUT2D eigenvalue weighted by molar-refractivity contribution is -0.385. The topological polar surface area (TPSA) is 103 Å². The number of halogens is 1. The maximum absolute atomic E-state index is 10.8. The second kappa shape index (κ2) is 5.85. The van der Waals surface area contributed by atoms with Crippen LogP contribution in [0.1, 0.15) is 15.5 Å². The summed E-state index contributed by atoms with van der Waals surface area (Å²) in [6, 6.07) is 3.95. The largest absolute Gasteiger partial charge is 0.480 e. The summed E-state index contributed by atoms with van der Waals surface area (Å²) >= 11 is 6.71. The molecule has 0 atom stereocenters. The molecule has 20 heavy (non-hydrogen) atoms. The van der Waals surface area contributed by atoms with Crippen molar-refractivity contribution in [2.45, 2.75) is 6.61 Å². The van der Waals surface area contributed by atoms with E-state index in [9.17, 15) is 14.9 Å². The van der Waals surface area contributed by atoms with E-state index in [0.29, 0.717) is 10.7 Å². The first-order chi connectivity index (χ1) is 9.47. The van der Waals surface area contributed by atoms with E-state index in [2.05, 4.69) is 4.98 Å². The first kappa shape index (κ1) is 14.2. The van der Waals surface area contributed by atoms with Gasteiger partial charge in [0.2, 0.25) is 5.01 Å². The van der Waals surface area contributed by atoms with E-state index < -0.39 is 10.9 Å². The first-order valence-electron chi connectivity index (χ1n) is 5.22. The van der Waals surface area contributed by atoms with Crippen LogP contribution in [0.4, 0.5) is 5.69 Å². The number of hydrogen-bond donors (Lipinski definition) is 1. The molecule has 2 aromatic rings. The zero-order chi connectivity index (χ0) is 14.7. The Hall–Kier alpha value is -2.19. The van der Waals surface area contributed by atoms with Crippen molar-refractivity contribution in [3.63, 3.8) is 0 Å². The minimum absolute atomic E-state index is 0.00683. The van der Waals surface area contributed by atoms with Crippen molar-refractivity contribution in [1.82, 2.24) is 4.98 Å². The molecule has 2 rings (SSSR count). The summed E-state index contributed by atoms with van der Waals surface area (Å²) in [4.78, 5) is 24.7. The Kier molecular flexibility index (Phi) is 4.16. The Morgan fingerprint density at radius 1 is 1.55 bits per heavy atom. The first-order valence-corrected chi connectivity index (χ1v) is 6.47. The van der Waals surface area contributed by atoms with Crippen LogP contribution in [0.5, 0.6) is 5.75 Å². The number of rotatable bonds is 5. The van der Waals surface area contributed by atoms with Gasteiger partial charge in [0.05, 0.1) is 10.6 Å². The maximum atomic E-state index is 10.8. The third-order valence-corrected chi connectivity index (χ3v) is 3.34. The summed E-state index contributed by atoms with van der Waals surface area (Å²) < 4.78 is 5.28. The zero-order valence-corrected chi connectivity index (χ0v) is 11.3. The number of thiazole rings is 1. The van der Waals surface area contributed by atoms with Crippen LogP contribution >= 0.6 is 22.9 Å². The summed E-state index contributed by atoms with van der Waals surface area (Å²) in [6.45, 7) is -0.0784. The molecule has 0 saturated carbocycles. The van der Waals surface area contributed by atoms with Crippen LogP contribution in [0, 0.1) is 10.1 Å². The van der Waals surface area contributed by atoms with Crippen LogP contribution in [0.2, 0.25) is 5.02 Å². The van der Waals surface area contributed by atoms with Crippen molar-refractivity contribution < 1.29 is 19.6 Å². The Morgan fingerprint density at radius 3 is 2.90 bits per heavy atom. The minimum atomic E-state index is -1.13. The SMILES string of the molecule is O=C(O)c1nc(COc2cc(Cl)ccc2[N+](=O)[O-])cs1. The lowest BCUT2D eigenvalue weighted by atomic mass is 10.3. The van der Waals surface area contributed by atoms with Crippen molar-refractivity contribution in [3.8, 4) is 5.75 Å². The molecular formula is C11H7ClN2O5S. The number of aromatic carboxylic acids is 1. The Balaban J connectivity index is 2.15. The predicted molar refractivity (Wildman–Crippen MR) is 71.5 cm³/mol. The van der Waals surface area contributed by atoms with Crippen molar-refractivity contribution in [2.75, 3.05) is 0 Å². The van der Waals surface area contributed by atoms with Crippen molar-refractivity contribution >= 4 is 34.6 Å². The maximum Gasteiger partial charge on any atom is 0.365 e. The van der Waals surface area contributed by atoms with Gasteiger partial charge < -0.3 is 9.84 Å². The van der Waals surface area contributed by atoms with Gasteiger partial charge in [-0.2, -0.15) is 0 Å². The molecule has 1 heterocycles. The molecule has 0 aliphatic heterocycles. The standard InChI is InChI=1S/C11H7ClN2O5S/c12-6-1-2-8(14(17)18)9(3-6)19-4-7-5-20-10(13-7)11(15)16/h1-3,5H,4H2,(H,15,16). The second-order valence-corrected chi connectivity index (χ2v) is 4.90. The molecule has 104 valence electrons. The van der Waals surface area contributed by atoms with E-state index in [-0.39, 0.29) is 23.1 Å². The molecule has 7 nitrogen and oxygen atoms in total. The number of benzene rings is 1. The zero-order valence-electron chi connectivity index (χ0n) is 9.78. The van der Waals surface area contributed by atoms with Gasteiger partial charge in [0.1, 0.15) is 6.61 Å². The van der Waals surface area contributed by atoms with Gasteiger partial charge >= 0.3 is 11.7 Å². The van der Waals surface area contributed by atoms with Gasteiger partial charge in [0, 0.05) is 22.5 Å². The molecule has 0 spiro atoms. The van der Waals surface area contributed by atoms with Gasteiger partial charge in [-0.25, -0.2) is 9.78 Å². The highest BCUT2D eigenvalue weighted by molar-refractivity contribution is 7.11. The lowest BCUT2D eigenvalue weighted by Gasteiger charge is -2.05. The van der Waals surface area contributed by atoms with Crippen molar-refractivity contribution in [3.05, 3.63) is 49.4 Å². The second-order valence-electron chi connectivity index (χ2n) is 3.61. The summed E-state index contributed by atoms with van der Waals surface area (Å²) in [7, 11) is 0. The molecule has 0 aliphatic rings. The summed E-state index contributed by atoms with van der Waals surface area (Å²) in [6.07, 6.45) is 0. The number of carbonyl (C=O) groups is 1. The van der Waals surface area contributed by atoms with Crippen LogP contribution in [0.3, 0.4) is 0 Å². The number of ether oxygens (including phenoxy) is 1. The molecule has 0 aliphatic carbocycles. The van der Waals surface area contributed by atoms with Crippen LogP contribution in [0.15, 0.2) is 23.6 Å². The molecule has 0 saturated heterocycles. The fourth-order valence-corrected chi connectivity index (χ4v) is 2.18. The number of nitro benzene ring substituents is 1. The number of carboxylic acids is 1. The normalized spacial score (nSPS) is 10.2. The summed E-state index contributed by atoms with van der Waals surface area (Å²) in [5.41, 5.74) is 0.157. The minimum Gasteiger partial charge on any atom is -0.480 e. The van der Waals surface area contributed by atoms with E-state index in [1.54, 1.807) is 0 Å². The highest BCUT2D eigenvalue weighted by Crippen LogP contribution is 2.30. The average molecular weight is 315 g/mol. The van der Waals surface area contributed by atoms with E-state index in [1.807, 2.05) is 0 Å². The van der Waals surface area contributed by atoms with Crippen molar-refractivity contribution in [2.24, 2.45) is 0 Å².